The van der Waals surface area contributed by atoms with Gasteiger partial charge in [0.1, 0.15) is 6.61 Å². The Balaban J connectivity index is 1.78. The Kier molecular flexibility index (Phi) is 4.24. The van der Waals surface area contributed by atoms with Gasteiger partial charge in [-0.1, -0.05) is 66.7 Å². The first-order chi connectivity index (χ1) is 12.3. The molecule has 3 heteroatoms. The maximum absolute atomic E-state index is 12.3. The third kappa shape index (κ3) is 2.92. The van der Waals surface area contributed by atoms with Crippen LogP contribution < -0.4 is 0 Å². The van der Waals surface area contributed by atoms with Crippen molar-refractivity contribution < 1.29 is 9.53 Å². The molecule has 0 unspecified atom stereocenters. The Labute approximate surface area is 154 Å². The third-order valence-corrected chi connectivity index (χ3v) is 5.23. The SMILES string of the molecule is O=C(OCc1c(Br)c2ccccc2c2ccccc12)c1ccccc1. The molecule has 0 aliphatic carbocycles. The van der Waals surface area contributed by atoms with Gasteiger partial charge in [0.25, 0.3) is 0 Å². The van der Waals surface area contributed by atoms with Gasteiger partial charge in [0.2, 0.25) is 0 Å². The Morgan fingerprint density at radius 3 is 1.92 bits per heavy atom. The zero-order valence-corrected chi connectivity index (χ0v) is 15.0. The summed E-state index contributed by atoms with van der Waals surface area (Å²) in [7, 11) is 0. The van der Waals surface area contributed by atoms with Crippen LogP contribution >= 0.6 is 15.9 Å². The normalized spacial score (nSPS) is 10.9. The van der Waals surface area contributed by atoms with Gasteiger partial charge in [-0.25, -0.2) is 4.79 Å². The molecule has 0 heterocycles. The van der Waals surface area contributed by atoms with Crippen LogP contribution in [0, 0.1) is 0 Å². The summed E-state index contributed by atoms with van der Waals surface area (Å²) < 4.78 is 6.56. The Hall–Kier alpha value is -2.65. The van der Waals surface area contributed by atoms with Crippen LogP contribution in [0.5, 0.6) is 0 Å². The number of carbonyl (C=O) groups excluding carboxylic acids is 1. The Morgan fingerprint density at radius 1 is 0.720 bits per heavy atom. The van der Waals surface area contributed by atoms with Crippen LogP contribution in [-0.4, -0.2) is 5.97 Å². The molecule has 2 nitrogen and oxygen atoms in total. The van der Waals surface area contributed by atoms with Gasteiger partial charge in [0, 0.05) is 10.0 Å². The van der Waals surface area contributed by atoms with E-state index in [0.717, 1.165) is 26.2 Å². The summed E-state index contributed by atoms with van der Waals surface area (Å²) in [6.45, 7) is 0.222. The predicted molar refractivity (Wildman–Crippen MR) is 105 cm³/mol. The summed E-state index contributed by atoms with van der Waals surface area (Å²) in [5, 5.41) is 4.55. The van der Waals surface area contributed by atoms with Crippen molar-refractivity contribution in [3.8, 4) is 0 Å². The molecule has 0 radical (unpaired) electrons. The van der Waals surface area contributed by atoms with E-state index in [1.54, 1.807) is 12.1 Å². The summed E-state index contributed by atoms with van der Waals surface area (Å²) in [6, 6.07) is 25.5. The van der Waals surface area contributed by atoms with Crippen molar-refractivity contribution >= 4 is 43.4 Å². The zero-order valence-electron chi connectivity index (χ0n) is 13.4. The van der Waals surface area contributed by atoms with Crippen molar-refractivity contribution in [2.45, 2.75) is 6.61 Å². The molecule has 0 amide bonds. The number of halogens is 1. The number of esters is 1. The number of carbonyl (C=O) groups is 1. The van der Waals surface area contributed by atoms with Crippen LogP contribution in [0.3, 0.4) is 0 Å². The lowest BCUT2D eigenvalue weighted by molar-refractivity contribution is 0.0474. The summed E-state index contributed by atoms with van der Waals surface area (Å²) in [4.78, 5) is 12.3. The fourth-order valence-corrected chi connectivity index (χ4v) is 3.78. The molecular formula is C22H15BrO2. The van der Waals surface area contributed by atoms with Gasteiger partial charge < -0.3 is 4.74 Å². The summed E-state index contributed by atoms with van der Waals surface area (Å²) in [6.07, 6.45) is 0. The standard InChI is InChI=1S/C22H15BrO2/c23-21-19-13-7-6-11-17(19)16-10-4-5-12-18(16)20(21)14-25-22(24)15-8-2-1-3-9-15/h1-13H,14H2. The molecule has 0 aromatic heterocycles. The molecular weight excluding hydrogens is 376 g/mol. The van der Waals surface area contributed by atoms with E-state index in [2.05, 4.69) is 40.2 Å². The maximum atomic E-state index is 12.3. The minimum absolute atomic E-state index is 0.222. The van der Waals surface area contributed by atoms with Crippen molar-refractivity contribution in [3.05, 3.63) is 94.5 Å². The molecule has 0 bridgehead atoms. The predicted octanol–water partition coefficient (Wildman–Crippen LogP) is 6.11. The van der Waals surface area contributed by atoms with Gasteiger partial charge in [-0.2, -0.15) is 0 Å². The molecule has 4 rings (SSSR count). The van der Waals surface area contributed by atoms with Gasteiger partial charge >= 0.3 is 5.97 Å². The van der Waals surface area contributed by atoms with E-state index < -0.39 is 0 Å². The quantitative estimate of drug-likeness (QED) is 0.311. The molecule has 0 spiro atoms. The Morgan fingerprint density at radius 2 is 1.24 bits per heavy atom. The highest BCUT2D eigenvalue weighted by atomic mass is 79.9. The smallest absolute Gasteiger partial charge is 0.338 e. The van der Waals surface area contributed by atoms with Gasteiger partial charge in [-0.05, 0) is 49.6 Å². The van der Waals surface area contributed by atoms with E-state index in [-0.39, 0.29) is 12.6 Å². The minimum Gasteiger partial charge on any atom is -0.457 e. The molecule has 0 fully saturated rings. The molecule has 0 aliphatic heterocycles. The van der Waals surface area contributed by atoms with E-state index >= 15 is 0 Å². The molecule has 0 N–H and O–H groups in total. The van der Waals surface area contributed by atoms with E-state index in [9.17, 15) is 4.79 Å². The number of ether oxygens (including phenoxy) is 1. The number of rotatable bonds is 3. The average molecular weight is 391 g/mol. The van der Waals surface area contributed by atoms with Crippen LogP contribution in [0.2, 0.25) is 0 Å². The van der Waals surface area contributed by atoms with E-state index in [1.807, 2.05) is 42.5 Å². The fourth-order valence-electron chi connectivity index (χ4n) is 3.11. The van der Waals surface area contributed by atoms with Gasteiger partial charge in [0.05, 0.1) is 5.56 Å². The van der Waals surface area contributed by atoms with Crippen molar-refractivity contribution in [1.82, 2.24) is 0 Å². The summed E-state index contributed by atoms with van der Waals surface area (Å²) in [5.41, 5.74) is 1.54. The number of hydrogen-bond acceptors (Lipinski definition) is 2. The number of benzene rings is 4. The van der Waals surface area contributed by atoms with Crippen LogP contribution in [0.1, 0.15) is 15.9 Å². The van der Waals surface area contributed by atoms with E-state index in [4.69, 9.17) is 4.74 Å². The summed E-state index contributed by atoms with van der Waals surface area (Å²) >= 11 is 3.72. The second kappa shape index (κ2) is 6.69. The van der Waals surface area contributed by atoms with Crippen molar-refractivity contribution in [2.75, 3.05) is 0 Å². The Bertz CT molecular complexity index is 1070. The monoisotopic (exact) mass is 390 g/mol. The molecule has 4 aromatic rings. The molecule has 0 saturated carbocycles. The molecule has 0 aliphatic rings. The van der Waals surface area contributed by atoms with E-state index in [1.165, 1.54) is 5.39 Å². The molecule has 4 aromatic carbocycles. The third-order valence-electron chi connectivity index (χ3n) is 4.33. The largest absolute Gasteiger partial charge is 0.457 e. The zero-order chi connectivity index (χ0) is 17.2. The van der Waals surface area contributed by atoms with Gasteiger partial charge in [-0.15, -0.1) is 0 Å². The first-order valence-corrected chi connectivity index (χ1v) is 8.85. The van der Waals surface area contributed by atoms with Crippen LogP contribution in [0.25, 0.3) is 21.5 Å². The number of fused-ring (bicyclic) bond motifs is 3. The first kappa shape index (κ1) is 15.9. The second-order valence-electron chi connectivity index (χ2n) is 5.83. The summed E-state index contributed by atoms with van der Waals surface area (Å²) in [5.74, 6) is -0.315. The molecule has 0 saturated heterocycles. The number of hydrogen-bond donors (Lipinski definition) is 0. The lowest BCUT2D eigenvalue weighted by atomic mass is 9.97. The first-order valence-electron chi connectivity index (χ1n) is 8.05. The molecule has 0 atom stereocenters. The van der Waals surface area contributed by atoms with E-state index in [0.29, 0.717) is 5.56 Å². The average Bonchev–Trinajstić information content (AvgIpc) is 2.68. The van der Waals surface area contributed by atoms with Crippen LogP contribution in [0.4, 0.5) is 0 Å². The molecule has 25 heavy (non-hydrogen) atoms. The maximum Gasteiger partial charge on any atom is 0.338 e. The van der Waals surface area contributed by atoms with Crippen LogP contribution in [-0.2, 0) is 11.3 Å². The van der Waals surface area contributed by atoms with Gasteiger partial charge in [-0.3, -0.25) is 0 Å². The highest BCUT2D eigenvalue weighted by Gasteiger charge is 2.14. The van der Waals surface area contributed by atoms with Crippen molar-refractivity contribution in [2.24, 2.45) is 0 Å². The minimum atomic E-state index is -0.315. The lowest BCUT2D eigenvalue weighted by Gasteiger charge is -2.14. The van der Waals surface area contributed by atoms with Crippen molar-refractivity contribution in [1.29, 1.82) is 0 Å². The molecule has 122 valence electrons. The van der Waals surface area contributed by atoms with Crippen LogP contribution in [0.15, 0.2) is 83.3 Å². The van der Waals surface area contributed by atoms with Gasteiger partial charge in [0.15, 0.2) is 0 Å². The fraction of sp³-hybridized carbons (Fsp3) is 0.0455. The lowest BCUT2D eigenvalue weighted by Crippen LogP contribution is -2.06. The second-order valence-corrected chi connectivity index (χ2v) is 6.62. The van der Waals surface area contributed by atoms with Crippen molar-refractivity contribution in [3.63, 3.8) is 0 Å². The highest BCUT2D eigenvalue weighted by molar-refractivity contribution is 9.10. The highest BCUT2D eigenvalue weighted by Crippen LogP contribution is 2.36. The topological polar surface area (TPSA) is 26.3 Å².